The third-order valence-corrected chi connectivity index (χ3v) is 4.29. The molecule has 2 aliphatic heterocycles. The van der Waals surface area contributed by atoms with E-state index in [1.165, 1.54) is 11.1 Å². The van der Waals surface area contributed by atoms with Gasteiger partial charge in [-0.25, -0.2) is 4.79 Å². The van der Waals surface area contributed by atoms with Gasteiger partial charge in [-0.3, -0.25) is 9.69 Å². The molecule has 22 heavy (non-hydrogen) atoms. The summed E-state index contributed by atoms with van der Waals surface area (Å²) in [4.78, 5) is 24.6. The Morgan fingerprint density at radius 1 is 1.32 bits per heavy atom. The second kappa shape index (κ2) is 6.36. The number of amides is 2. The van der Waals surface area contributed by atoms with E-state index >= 15 is 0 Å². The van der Waals surface area contributed by atoms with Gasteiger partial charge >= 0.3 is 6.09 Å². The molecule has 0 radical (unpaired) electrons. The molecular weight excluding hydrogens is 282 g/mol. The van der Waals surface area contributed by atoms with Gasteiger partial charge in [-0.2, -0.15) is 0 Å². The summed E-state index contributed by atoms with van der Waals surface area (Å²) in [6.45, 7) is 2.59. The molecule has 0 unspecified atom stereocenters. The van der Waals surface area contributed by atoms with E-state index in [0.29, 0.717) is 6.42 Å². The van der Waals surface area contributed by atoms with E-state index in [9.17, 15) is 9.59 Å². The van der Waals surface area contributed by atoms with Crippen LogP contribution >= 0.6 is 0 Å². The summed E-state index contributed by atoms with van der Waals surface area (Å²) in [6.07, 6.45) is 2.26. The molecule has 0 saturated carbocycles. The van der Waals surface area contributed by atoms with Crippen LogP contribution in [-0.4, -0.2) is 36.1 Å². The number of carbonyl (C=O) groups is 2. The molecule has 1 aromatic rings. The zero-order valence-corrected chi connectivity index (χ0v) is 12.5. The van der Waals surface area contributed by atoms with Crippen molar-refractivity contribution in [1.82, 2.24) is 4.90 Å². The van der Waals surface area contributed by atoms with Crippen LogP contribution in [0.1, 0.15) is 30.4 Å². The van der Waals surface area contributed by atoms with E-state index in [4.69, 9.17) is 10.5 Å². The Balaban J connectivity index is 1.57. The second-order valence-corrected chi connectivity index (χ2v) is 5.95. The Labute approximate surface area is 129 Å². The van der Waals surface area contributed by atoms with Gasteiger partial charge in [0.25, 0.3) is 0 Å². The largest absolute Gasteiger partial charge is 0.446 e. The van der Waals surface area contributed by atoms with Crippen molar-refractivity contribution in [3.05, 3.63) is 29.3 Å². The van der Waals surface area contributed by atoms with Gasteiger partial charge in [-0.05, 0) is 36.5 Å². The van der Waals surface area contributed by atoms with Crippen LogP contribution in [0.3, 0.4) is 0 Å². The number of fused-ring (bicyclic) bond motifs is 1. The summed E-state index contributed by atoms with van der Waals surface area (Å²) in [7, 11) is 0. The minimum Gasteiger partial charge on any atom is -0.446 e. The molecule has 0 bridgehead atoms. The fourth-order valence-corrected chi connectivity index (χ4v) is 3.12. The molecule has 2 heterocycles. The van der Waals surface area contributed by atoms with Crippen molar-refractivity contribution >= 4 is 17.7 Å². The Morgan fingerprint density at radius 3 is 2.82 bits per heavy atom. The van der Waals surface area contributed by atoms with Gasteiger partial charge in [0.05, 0.1) is 0 Å². The quantitative estimate of drug-likeness (QED) is 0.889. The lowest BCUT2D eigenvalue weighted by Gasteiger charge is -2.31. The summed E-state index contributed by atoms with van der Waals surface area (Å²) in [5.74, 6) is 0.0917. The molecule has 2 amide bonds. The van der Waals surface area contributed by atoms with Gasteiger partial charge < -0.3 is 15.8 Å². The van der Waals surface area contributed by atoms with E-state index in [0.717, 1.165) is 44.6 Å². The van der Waals surface area contributed by atoms with Gasteiger partial charge in [0.2, 0.25) is 5.91 Å². The van der Waals surface area contributed by atoms with Crippen LogP contribution in [0, 0.1) is 0 Å². The topological polar surface area (TPSA) is 84.7 Å². The van der Waals surface area contributed by atoms with Crippen molar-refractivity contribution < 1.29 is 14.3 Å². The highest BCUT2D eigenvalue weighted by Crippen LogP contribution is 2.25. The molecule has 0 atom stereocenters. The molecule has 118 valence electrons. The highest BCUT2D eigenvalue weighted by atomic mass is 16.6. The molecular formula is C16H21N3O3. The summed E-state index contributed by atoms with van der Waals surface area (Å²) >= 11 is 0. The van der Waals surface area contributed by atoms with Crippen molar-refractivity contribution in [2.45, 2.75) is 38.3 Å². The van der Waals surface area contributed by atoms with Gasteiger partial charge in [0.1, 0.15) is 6.10 Å². The van der Waals surface area contributed by atoms with E-state index in [-0.39, 0.29) is 12.0 Å². The molecule has 3 N–H and O–H groups in total. The first-order valence-corrected chi connectivity index (χ1v) is 7.70. The Kier molecular flexibility index (Phi) is 4.29. The van der Waals surface area contributed by atoms with Crippen LogP contribution in [0.5, 0.6) is 0 Å². The molecule has 2 aliphatic rings. The number of hydrogen-bond donors (Lipinski definition) is 2. The van der Waals surface area contributed by atoms with Crippen LogP contribution < -0.4 is 11.1 Å². The van der Waals surface area contributed by atoms with Crippen molar-refractivity contribution in [1.29, 1.82) is 0 Å². The summed E-state index contributed by atoms with van der Waals surface area (Å²) < 4.78 is 5.04. The molecule has 6 heteroatoms. The number of aryl methyl sites for hydroxylation is 1. The molecule has 1 fully saturated rings. The zero-order chi connectivity index (χ0) is 15.5. The van der Waals surface area contributed by atoms with Crippen LogP contribution in [0.25, 0.3) is 0 Å². The number of ether oxygens (including phenoxy) is 1. The summed E-state index contributed by atoms with van der Waals surface area (Å²) in [5.41, 5.74) is 8.39. The van der Waals surface area contributed by atoms with Crippen molar-refractivity contribution in [3.63, 3.8) is 0 Å². The van der Waals surface area contributed by atoms with E-state index < -0.39 is 6.09 Å². The smallest absolute Gasteiger partial charge is 0.404 e. The Hall–Kier alpha value is -2.08. The summed E-state index contributed by atoms with van der Waals surface area (Å²) in [6, 6.07) is 6.30. The maximum atomic E-state index is 11.5. The van der Waals surface area contributed by atoms with E-state index in [1.54, 1.807) is 0 Å². The van der Waals surface area contributed by atoms with Crippen LogP contribution in [0.4, 0.5) is 10.5 Å². The monoisotopic (exact) mass is 303 g/mol. The van der Waals surface area contributed by atoms with Crippen LogP contribution in [0.2, 0.25) is 0 Å². The lowest BCUT2D eigenvalue weighted by molar-refractivity contribution is -0.116. The number of hydrogen-bond acceptors (Lipinski definition) is 4. The average Bonchev–Trinajstić information content (AvgIpc) is 2.48. The Morgan fingerprint density at radius 2 is 2.09 bits per heavy atom. The zero-order valence-electron chi connectivity index (χ0n) is 12.5. The number of anilines is 1. The standard InChI is InChI=1S/C16H21N3O3/c17-16(21)22-13-5-7-19(8-6-13)10-11-1-2-12-3-4-15(20)18-14(12)9-11/h1-2,9,13H,3-8,10H2,(H2,17,21)(H,18,20). The number of nitrogens with two attached hydrogens (primary N) is 1. The molecule has 1 aromatic carbocycles. The van der Waals surface area contributed by atoms with E-state index in [1.807, 2.05) is 0 Å². The molecule has 3 rings (SSSR count). The van der Waals surface area contributed by atoms with Crippen molar-refractivity contribution in [2.75, 3.05) is 18.4 Å². The molecule has 0 aromatic heterocycles. The first kappa shape index (κ1) is 14.8. The van der Waals surface area contributed by atoms with Crippen molar-refractivity contribution in [2.24, 2.45) is 5.73 Å². The number of benzene rings is 1. The highest BCUT2D eigenvalue weighted by Gasteiger charge is 2.22. The fourth-order valence-electron chi connectivity index (χ4n) is 3.12. The van der Waals surface area contributed by atoms with Gasteiger partial charge in [-0.15, -0.1) is 0 Å². The van der Waals surface area contributed by atoms with Gasteiger partial charge in [0.15, 0.2) is 0 Å². The lowest BCUT2D eigenvalue weighted by Crippen LogP contribution is -2.38. The highest BCUT2D eigenvalue weighted by molar-refractivity contribution is 5.93. The molecule has 1 saturated heterocycles. The fraction of sp³-hybridized carbons (Fsp3) is 0.500. The number of likely N-dealkylation sites (tertiary alicyclic amines) is 1. The maximum Gasteiger partial charge on any atom is 0.404 e. The predicted molar refractivity (Wildman–Crippen MR) is 82.4 cm³/mol. The number of carbonyl (C=O) groups excluding carboxylic acids is 2. The molecule has 0 spiro atoms. The van der Waals surface area contributed by atoms with Gasteiger partial charge in [0, 0.05) is 31.7 Å². The third kappa shape index (κ3) is 3.57. The van der Waals surface area contributed by atoms with Crippen LogP contribution in [0.15, 0.2) is 18.2 Å². The van der Waals surface area contributed by atoms with Gasteiger partial charge in [-0.1, -0.05) is 12.1 Å². The maximum absolute atomic E-state index is 11.5. The average molecular weight is 303 g/mol. The number of nitrogens with one attached hydrogen (secondary N) is 1. The third-order valence-electron chi connectivity index (χ3n) is 4.29. The first-order chi connectivity index (χ1) is 10.6. The molecule has 0 aliphatic carbocycles. The number of rotatable bonds is 3. The number of piperidine rings is 1. The minimum atomic E-state index is -0.691. The second-order valence-electron chi connectivity index (χ2n) is 5.95. The van der Waals surface area contributed by atoms with E-state index in [2.05, 4.69) is 28.4 Å². The first-order valence-electron chi connectivity index (χ1n) is 7.70. The lowest BCUT2D eigenvalue weighted by atomic mass is 10.00. The number of nitrogens with zero attached hydrogens (tertiary/aromatic N) is 1. The van der Waals surface area contributed by atoms with Crippen LogP contribution in [-0.2, 0) is 22.5 Å². The van der Waals surface area contributed by atoms with Crippen molar-refractivity contribution in [3.8, 4) is 0 Å². The molecule has 6 nitrogen and oxygen atoms in total. The predicted octanol–water partition coefficient (Wildman–Crippen LogP) is 1.63. The summed E-state index contributed by atoms with van der Waals surface area (Å²) in [5, 5.41) is 2.94. The number of primary amides is 1. The normalized spacial score (nSPS) is 19.4. The minimum absolute atomic E-state index is 0.0587. The Bertz CT molecular complexity index is 580. The SMILES string of the molecule is NC(=O)OC1CCN(Cc2ccc3c(c2)NC(=O)CC3)CC1.